The molecule has 9 heteroatoms. The molecule has 0 fully saturated rings. The molecule has 1 aromatic heterocycles. The van der Waals surface area contributed by atoms with Crippen molar-refractivity contribution in [2.75, 3.05) is 24.3 Å². The Balaban J connectivity index is 1.62. The molecule has 8 nitrogen and oxygen atoms in total. The average molecular weight is 466 g/mol. The van der Waals surface area contributed by atoms with E-state index in [1.54, 1.807) is 36.2 Å². The number of aromatic nitrogens is 2. The molecule has 0 aliphatic rings. The second-order valence-electron chi connectivity index (χ2n) is 7.27. The number of anilines is 2. The molecule has 1 unspecified atom stereocenters. The molecule has 0 saturated carbocycles. The molecule has 3 rings (SSSR count). The van der Waals surface area contributed by atoms with Gasteiger partial charge < -0.3 is 21.5 Å². The van der Waals surface area contributed by atoms with Gasteiger partial charge in [-0.2, -0.15) is 4.98 Å². The standard InChI is InChI=1S/C24H27N5O3S/c1-3-17(15-33-13-11-16-4-7-19(8-5-16)32-24(31)27-2)18-6-9-21(20(25)14-18)29-12-10-22(26)28-23(29)30/h4-14,17H,3,15,25H2,1-2H3,(H,27,31)(H2,26,28,30)/b13-11+. The summed E-state index contributed by atoms with van der Waals surface area (Å²) in [6.45, 7) is 2.14. The third-order valence-corrected chi connectivity index (χ3v) is 5.97. The number of carbonyl (C=O) groups is 1. The molecule has 1 amide bonds. The van der Waals surface area contributed by atoms with Crippen LogP contribution in [0.2, 0.25) is 0 Å². The molecular weight excluding hydrogens is 438 g/mol. The van der Waals surface area contributed by atoms with E-state index < -0.39 is 11.8 Å². The molecule has 2 aromatic carbocycles. The normalized spacial score (nSPS) is 11.9. The molecule has 0 bridgehead atoms. The number of hydrogen-bond donors (Lipinski definition) is 3. The van der Waals surface area contributed by atoms with Gasteiger partial charge in [-0.15, -0.1) is 11.8 Å². The fourth-order valence-corrected chi connectivity index (χ4v) is 4.22. The molecule has 0 radical (unpaired) electrons. The molecular formula is C24H27N5O3S. The van der Waals surface area contributed by atoms with Crippen molar-refractivity contribution in [1.82, 2.24) is 14.9 Å². The maximum atomic E-state index is 12.1. The van der Waals surface area contributed by atoms with Crippen LogP contribution in [0, 0.1) is 0 Å². The van der Waals surface area contributed by atoms with Gasteiger partial charge in [0.15, 0.2) is 0 Å². The molecule has 0 aliphatic carbocycles. The Kier molecular flexibility index (Phi) is 8.15. The van der Waals surface area contributed by atoms with Crippen LogP contribution in [0.5, 0.6) is 5.75 Å². The van der Waals surface area contributed by atoms with E-state index in [1.807, 2.05) is 36.4 Å². The highest BCUT2D eigenvalue weighted by Gasteiger charge is 2.12. The highest BCUT2D eigenvalue weighted by Crippen LogP contribution is 2.29. The van der Waals surface area contributed by atoms with Crippen LogP contribution in [0.25, 0.3) is 11.8 Å². The van der Waals surface area contributed by atoms with Gasteiger partial charge in [-0.05, 0) is 65.3 Å². The van der Waals surface area contributed by atoms with Gasteiger partial charge in [0.1, 0.15) is 11.6 Å². The zero-order valence-electron chi connectivity index (χ0n) is 18.5. The predicted molar refractivity (Wildman–Crippen MR) is 135 cm³/mol. The summed E-state index contributed by atoms with van der Waals surface area (Å²) in [6, 6.07) is 14.6. The van der Waals surface area contributed by atoms with Crippen molar-refractivity contribution < 1.29 is 9.53 Å². The molecule has 1 heterocycles. The van der Waals surface area contributed by atoms with Crippen LogP contribution in [0.4, 0.5) is 16.3 Å². The number of rotatable bonds is 8. The fourth-order valence-electron chi connectivity index (χ4n) is 3.20. The summed E-state index contributed by atoms with van der Waals surface area (Å²) >= 11 is 1.71. The molecule has 33 heavy (non-hydrogen) atoms. The Morgan fingerprint density at radius 1 is 1.21 bits per heavy atom. The maximum absolute atomic E-state index is 12.1. The Morgan fingerprint density at radius 3 is 2.61 bits per heavy atom. The zero-order valence-corrected chi connectivity index (χ0v) is 19.3. The Hall–Kier alpha value is -3.72. The minimum Gasteiger partial charge on any atom is -0.410 e. The smallest absolute Gasteiger partial charge is 0.410 e. The molecule has 1 atom stereocenters. The lowest BCUT2D eigenvalue weighted by Gasteiger charge is -2.16. The van der Waals surface area contributed by atoms with Gasteiger partial charge in [0, 0.05) is 19.0 Å². The SMILES string of the molecule is CCC(CS/C=C/c1ccc(OC(=O)NC)cc1)c1ccc(-n2ccc(N)nc2=O)c(N)c1. The number of nitrogens with one attached hydrogen (secondary N) is 1. The maximum Gasteiger partial charge on any atom is 0.412 e. The lowest BCUT2D eigenvalue weighted by atomic mass is 9.97. The van der Waals surface area contributed by atoms with Gasteiger partial charge >= 0.3 is 11.8 Å². The summed E-state index contributed by atoms with van der Waals surface area (Å²) in [4.78, 5) is 27.1. The summed E-state index contributed by atoms with van der Waals surface area (Å²) in [5.74, 6) is 1.85. The van der Waals surface area contributed by atoms with Gasteiger partial charge in [0.25, 0.3) is 0 Å². The van der Waals surface area contributed by atoms with Crippen LogP contribution in [0.15, 0.2) is 64.9 Å². The number of nitrogen functional groups attached to an aromatic ring is 2. The van der Waals surface area contributed by atoms with Crippen molar-refractivity contribution in [3.8, 4) is 11.4 Å². The van der Waals surface area contributed by atoms with Crippen molar-refractivity contribution in [2.24, 2.45) is 0 Å². The van der Waals surface area contributed by atoms with E-state index in [-0.39, 0.29) is 5.82 Å². The van der Waals surface area contributed by atoms with E-state index in [0.717, 1.165) is 23.3 Å². The number of hydrogen-bond acceptors (Lipinski definition) is 7. The quantitative estimate of drug-likeness (QED) is 0.429. The molecule has 0 saturated heterocycles. The highest BCUT2D eigenvalue weighted by molar-refractivity contribution is 8.02. The van der Waals surface area contributed by atoms with E-state index in [9.17, 15) is 9.59 Å². The first kappa shape index (κ1) is 23.9. The first-order chi connectivity index (χ1) is 15.9. The van der Waals surface area contributed by atoms with Gasteiger partial charge in [-0.1, -0.05) is 25.1 Å². The van der Waals surface area contributed by atoms with E-state index >= 15 is 0 Å². The number of ether oxygens (including phenoxy) is 1. The first-order valence-electron chi connectivity index (χ1n) is 10.4. The van der Waals surface area contributed by atoms with Crippen LogP contribution >= 0.6 is 11.8 Å². The van der Waals surface area contributed by atoms with Gasteiger partial charge in [0.2, 0.25) is 0 Å². The number of amides is 1. The van der Waals surface area contributed by atoms with E-state index in [1.165, 1.54) is 11.6 Å². The largest absolute Gasteiger partial charge is 0.412 e. The van der Waals surface area contributed by atoms with Crippen LogP contribution in [0.1, 0.15) is 30.4 Å². The second-order valence-corrected chi connectivity index (χ2v) is 8.21. The van der Waals surface area contributed by atoms with Gasteiger partial charge in [-0.3, -0.25) is 4.57 Å². The lowest BCUT2D eigenvalue weighted by Crippen LogP contribution is -2.22. The van der Waals surface area contributed by atoms with E-state index in [2.05, 4.69) is 22.6 Å². The topological polar surface area (TPSA) is 125 Å². The number of thioether (sulfide) groups is 1. The van der Waals surface area contributed by atoms with E-state index in [0.29, 0.717) is 23.0 Å². The number of benzene rings is 2. The third-order valence-electron chi connectivity index (χ3n) is 5.05. The van der Waals surface area contributed by atoms with Gasteiger partial charge in [0.05, 0.1) is 11.4 Å². The van der Waals surface area contributed by atoms with Crippen LogP contribution in [-0.2, 0) is 0 Å². The summed E-state index contributed by atoms with van der Waals surface area (Å²) in [5, 5.41) is 4.46. The second kappa shape index (κ2) is 11.2. The minimum absolute atomic E-state index is 0.177. The number of nitrogens with two attached hydrogens (primary N) is 2. The van der Waals surface area contributed by atoms with Gasteiger partial charge in [-0.25, -0.2) is 9.59 Å². The predicted octanol–water partition coefficient (Wildman–Crippen LogP) is 4.01. The number of nitrogens with zero attached hydrogens (tertiary/aromatic N) is 2. The summed E-state index contributed by atoms with van der Waals surface area (Å²) in [7, 11) is 1.52. The van der Waals surface area contributed by atoms with Crippen molar-refractivity contribution in [3.05, 3.63) is 81.7 Å². The lowest BCUT2D eigenvalue weighted by molar-refractivity contribution is 0.203. The minimum atomic E-state index is -0.495. The van der Waals surface area contributed by atoms with Crippen molar-refractivity contribution in [2.45, 2.75) is 19.3 Å². The Bertz CT molecular complexity index is 1190. The van der Waals surface area contributed by atoms with E-state index in [4.69, 9.17) is 16.2 Å². The first-order valence-corrected chi connectivity index (χ1v) is 11.5. The monoisotopic (exact) mass is 465 g/mol. The summed E-state index contributed by atoms with van der Waals surface area (Å²) in [6.07, 6.45) is 4.05. The summed E-state index contributed by atoms with van der Waals surface area (Å²) in [5.41, 5.74) is 14.6. The Labute approximate surface area is 196 Å². The van der Waals surface area contributed by atoms with Crippen molar-refractivity contribution in [3.63, 3.8) is 0 Å². The zero-order chi connectivity index (χ0) is 23.8. The van der Waals surface area contributed by atoms with Crippen LogP contribution < -0.4 is 27.2 Å². The summed E-state index contributed by atoms with van der Waals surface area (Å²) < 4.78 is 6.47. The molecule has 0 aliphatic heterocycles. The molecule has 3 aromatic rings. The molecule has 5 N–H and O–H groups in total. The van der Waals surface area contributed by atoms with Crippen LogP contribution in [-0.4, -0.2) is 28.4 Å². The molecule has 0 spiro atoms. The fraction of sp³-hybridized carbons (Fsp3) is 0.208. The Morgan fingerprint density at radius 2 is 1.97 bits per heavy atom. The van der Waals surface area contributed by atoms with Crippen LogP contribution in [0.3, 0.4) is 0 Å². The average Bonchev–Trinajstić information content (AvgIpc) is 2.80. The van der Waals surface area contributed by atoms with Crippen molar-refractivity contribution >= 4 is 35.4 Å². The third kappa shape index (κ3) is 6.39. The molecule has 172 valence electrons. The highest BCUT2D eigenvalue weighted by atomic mass is 32.2. The van der Waals surface area contributed by atoms with Crippen molar-refractivity contribution in [1.29, 1.82) is 0 Å². The number of carbonyl (C=O) groups excluding carboxylic acids is 1.